The molecule has 3 aromatic heterocycles. The van der Waals surface area contributed by atoms with Gasteiger partial charge >= 0.3 is 5.97 Å². The normalized spacial score (nSPS) is 10.6. The lowest BCUT2D eigenvalue weighted by Crippen LogP contribution is -2.27. The van der Waals surface area contributed by atoms with E-state index in [2.05, 4.69) is 15.6 Å². The molecule has 0 atom stereocenters. The Morgan fingerprint density at radius 1 is 1.30 bits per heavy atom. The third-order valence-electron chi connectivity index (χ3n) is 3.71. The van der Waals surface area contributed by atoms with Crippen molar-refractivity contribution in [2.45, 2.75) is 13.5 Å². The number of pyridine rings is 1. The lowest BCUT2D eigenvalue weighted by molar-refractivity contribution is -0.140. The van der Waals surface area contributed by atoms with Crippen LogP contribution in [0.2, 0.25) is 0 Å². The molecule has 0 aromatic carbocycles. The smallest absolute Gasteiger partial charge is 0.325 e. The zero-order chi connectivity index (χ0) is 19.2. The van der Waals surface area contributed by atoms with Crippen LogP contribution < -0.4 is 16.2 Å². The second-order valence-corrected chi connectivity index (χ2v) is 5.51. The second-order valence-electron chi connectivity index (χ2n) is 5.51. The summed E-state index contributed by atoms with van der Waals surface area (Å²) in [6.07, 6.45) is 4.31. The van der Waals surface area contributed by atoms with Gasteiger partial charge in [-0.05, 0) is 31.2 Å². The van der Waals surface area contributed by atoms with E-state index in [1.165, 1.54) is 23.1 Å². The van der Waals surface area contributed by atoms with Crippen LogP contribution in [0.15, 0.2) is 52.1 Å². The molecule has 0 fully saturated rings. The first-order valence-corrected chi connectivity index (χ1v) is 8.30. The average molecular weight is 370 g/mol. The number of anilines is 1. The fourth-order valence-corrected chi connectivity index (χ4v) is 2.46. The lowest BCUT2D eigenvalue weighted by atomic mass is 10.2. The number of furan rings is 1. The van der Waals surface area contributed by atoms with Crippen molar-refractivity contribution in [1.82, 2.24) is 14.7 Å². The first-order valence-electron chi connectivity index (χ1n) is 8.30. The predicted molar refractivity (Wildman–Crippen MR) is 96.5 cm³/mol. The largest absolute Gasteiger partial charge is 0.467 e. The van der Waals surface area contributed by atoms with Crippen molar-refractivity contribution in [1.29, 1.82) is 0 Å². The number of amides is 1. The molecule has 0 spiro atoms. The van der Waals surface area contributed by atoms with E-state index in [4.69, 9.17) is 9.15 Å². The van der Waals surface area contributed by atoms with Crippen LogP contribution in [0.1, 0.15) is 23.0 Å². The predicted octanol–water partition coefficient (Wildman–Crippen LogP) is 1.19. The molecular formula is C18H18N4O5. The van der Waals surface area contributed by atoms with Gasteiger partial charge in [0.05, 0.1) is 31.2 Å². The maximum absolute atomic E-state index is 12.6. The molecule has 0 aliphatic carbocycles. The van der Waals surface area contributed by atoms with Crippen LogP contribution in [0.5, 0.6) is 0 Å². The summed E-state index contributed by atoms with van der Waals surface area (Å²) >= 11 is 0. The molecule has 0 aliphatic heterocycles. The maximum atomic E-state index is 12.6. The van der Waals surface area contributed by atoms with Gasteiger partial charge in [0, 0.05) is 6.20 Å². The Labute approximate surface area is 154 Å². The highest BCUT2D eigenvalue weighted by molar-refractivity contribution is 5.99. The Balaban J connectivity index is 1.81. The molecule has 27 heavy (non-hydrogen) atoms. The molecule has 0 aliphatic rings. The SMILES string of the molecule is CCOC(=O)CNc1cnc2c(C(=O)NCc3ccco3)cccn2c1=O. The second kappa shape index (κ2) is 8.17. The lowest BCUT2D eigenvalue weighted by Gasteiger charge is -2.10. The van der Waals surface area contributed by atoms with Gasteiger partial charge in [-0.25, -0.2) is 4.98 Å². The molecule has 140 valence electrons. The van der Waals surface area contributed by atoms with Crippen LogP contribution in [-0.2, 0) is 16.1 Å². The van der Waals surface area contributed by atoms with Crippen LogP contribution in [0.4, 0.5) is 5.69 Å². The quantitative estimate of drug-likeness (QED) is 0.600. The number of hydrogen-bond donors (Lipinski definition) is 2. The molecule has 1 amide bonds. The molecule has 2 N–H and O–H groups in total. The Bertz CT molecular complexity index is 1010. The van der Waals surface area contributed by atoms with Gasteiger partial charge in [0.1, 0.15) is 18.0 Å². The highest BCUT2D eigenvalue weighted by atomic mass is 16.5. The summed E-state index contributed by atoms with van der Waals surface area (Å²) < 4.78 is 11.2. The van der Waals surface area contributed by atoms with Crippen molar-refractivity contribution in [3.63, 3.8) is 0 Å². The summed E-state index contributed by atoms with van der Waals surface area (Å²) in [5.41, 5.74) is 0.165. The fraction of sp³-hybridized carbons (Fsp3) is 0.222. The third-order valence-corrected chi connectivity index (χ3v) is 3.71. The van der Waals surface area contributed by atoms with E-state index >= 15 is 0 Å². The molecule has 0 saturated heterocycles. The van der Waals surface area contributed by atoms with Crippen LogP contribution in [-0.4, -0.2) is 34.4 Å². The molecular weight excluding hydrogens is 352 g/mol. The maximum Gasteiger partial charge on any atom is 0.325 e. The number of aromatic nitrogens is 2. The van der Waals surface area contributed by atoms with Crippen molar-refractivity contribution >= 4 is 23.2 Å². The number of nitrogens with zero attached hydrogens (tertiary/aromatic N) is 2. The molecule has 0 unspecified atom stereocenters. The van der Waals surface area contributed by atoms with Crippen LogP contribution in [0, 0.1) is 0 Å². The Morgan fingerprint density at radius 3 is 2.89 bits per heavy atom. The highest BCUT2D eigenvalue weighted by Gasteiger charge is 2.14. The van der Waals surface area contributed by atoms with Crippen LogP contribution in [0.3, 0.4) is 0 Å². The van der Waals surface area contributed by atoms with Gasteiger partial charge in [-0.3, -0.25) is 18.8 Å². The number of ether oxygens (including phenoxy) is 1. The van der Waals surface area contributed by atoms with Gasteiger partial charge in [0.2, 0.25) is 0 Å². The molecule has 0 saturated carbocycles. The molecule has 9 heteroatoms. The molecule has 0 radical (unpaired) electrons. The van der Waals surface area contributed by atoms with Gasteiger partial charge in [-0.2, -0.15) is 0 Å². The summed E-state index contributed by atoms with van der Waals surface area (Å²) in [7, 11) is 0. The standard InChI is InChI=1S/C18H18N4O5/c1-2-26-15(23)11-19-14-10-20-16-13(6-3-7-22(16)18(14)25)17(24)21-9-12-5-4-8-27-12/h3-8,10,19H,2,9,11H2,1H3,(H,21,24). The number of carbonyl (C=O) groups excluding carboxylic acids is 2. The first kappa shape index (κ1) is 18.2. The Morgan fingerprint density at radius 2 is 2.15 bits per heavy atom. The molecule has 3 aromatic rings. The van der Waals surface area contributed by atoms with Crippen molar-refractivity contribution in [2.75, 3.05) is 18.5 Å². The van der Waals surface area contributed by atoms with E-state index in [0.717, 1.165) is 0 Å². The number of nitrogens with one attached hydrogen (secondary N) is 2. The van der Waals surface area contributed by atoms with Crippen molar-refractivity contribution in [2.24, 2.45) is 0 Å². The number of hydrogen-bond acceptors (Lipinski definition) is 7. The van der Waals surface area contributed by atoms with E-state index in [9.17, 15) is 14.4 Å². The van der Waals surface area contributed by atoms with E-state index in [-0.39, 0.29) is 42.5 Å². The molecule has 9 nitrogen and oxygen atoms in total. The number of carbonyl (C=O) groups is 2. The zero-order valence-corrected chi connectivity index (χ0v) is 14.6. The van der Waals surface area contributed by atoms with Gasteiger partial charge in [0.15, 0.2) is 5.65 Å². The van der Waals surface area contributed by atoms with Gasteiger partial charge in [0.25, 0.3) is 11.5 Å². The third kappa shape index (κ3) is 4.14. The number of esters is 1. The van der Waals surface area contributed by atoms with E-state index in [0.29, 0.717) is 5.76 Å². The van der Waals surface area contributed by atoms with Gasteiger partial charge in [-0.1, -0.05) is 0 Å². The van der Waals surface area contributed by atoms with Gasteiger partial charge in [-0.15, -0.1) is 0 Å². The van der Waals surface area contributed by atoms with Crippen molar-refractivity contribution < 1.29 is 18.7 Å². The number of fused-ring (bicyclic) bond motifs is 1. The summed E-state index contributed by atoms with van der Waals surface area (Å²) in [5, 5.41) is 5.42. The topological polar surface area (TPSA) is 115 Å². The minimum atomic E-state index is -0.479. The Hall–Kier alpha value is -3.62. The molecule has 3 heterocycles. The van der Waals surface area contributed by atoms with Gasteiger partial charge < -0.3 is 19.8 Å². The van der Waals surface area contributed by atoms with E-state index < -0.39 is 11.5 Å². The average Bonchev–Trinajstić information content (AvgIpc) is 3.19. The summed E-state index contributed by atoms with van der Waals surface area (Å²) in [5.74, 6) is -0.254. The zero-order valence-electron chi connectivity index (χ0n) is 14.6. The van der Waals surface area contributed by atoms with Crippen LogP contribution >= 0.6 is 0 Å². The fourth-order valence-electron chi connectivity index (χ4n) is 2.46. The minimum absolute atomic E-state index is 0.133. The first-order chi connectivity index (χ1) is 13.1. The van der Waals surface area contributed by atoms with Crippen molar-refractivity contribution in [3.8, 4) is 0 Å². The van der Waals surface area contributed by atoms with Crippen LogP contribution in [0.25, 0.3) is 5.65 Å². The number of rotatable bonds is 7. The Kier molecular flexibility index (Phi) is 5.50. The minimum Gasteiger partial charge on any atom is -0.467 e. The summed E-state index contributed by atoms with van der Waals surface area (Å²) in [4.78, 5) is 40.7. The highest BCUT2D eigenvalue weighted by Crippen LogP contribution is 2.09. The van der Waals surface area contributed by atoms with E-state index in [1.807, 2.05) is 0 Å². The van der Waals surface area contributed by atoms with E-state index in [1.54, 1.807) is 31.2 Å². The monoisotopic (exact) mass is 370 g/mol. The molecule has 3 rings (SSSR count). The van der Waals surface area contributed by atoms with Crippen molar-refractivity contribution in [3.05, 3.63) is 64.6 Å². The molecule has 0 bridgehead atoms. The summed E-state index contributed by atoms with van der Waals surface area (Å²) in [6, 6.07) is 6.62. The summed E-state index contributed by atoms with van der Waals surface area (Å²) in [6.45, 7) is 2.02.